The van der Waals surface area contributed by atoms with Gasteiger partial charge in [-0.3, -0.25) is 0 Å². The number of carbonyl (C=O) groups excluding carboxylic acids is 1. The minimum atomic E-state index is -0.849. The lowest BCUT2D eigenvalue weighted by Crippen LogP contribution is -2.48. The van der Waals surface area contributed by atoms with Crippen molar-refractivity contribution in [2.45, 2.75) is 18.6 Å². The quantitative estimate of drug-likeness (QED) is 0.504. The van der Waals surface area contributed by atoms with Gasteiger partial charge in [0, 0.05) is 6.54 Å². The molecule has 0 aromatic rings. The number of rotatable bonds is 0. The topological polar surface area (TPSA) is 70.0 Å². The minimum Gasteiger partial charge on any atom is -0.453 e. The normalized spacial score (nSPS) is 30.1. The fourth-order valence-corrected chi connectivity index (χ4v) is 1.21. The van der Waals surface area contributed by atoms with Gasteiger partial charge in [-0.1, -0.05) is 0 Å². The second-order valence-electron chi connectivity index (χ2n) is 2.84. The molecule has 0 saturated carbocycles. The first kappa shape index (κ1) is 9.28. The maximum atomic E-state index is 10.9. The maximum Gasteiger partial charge on any atom is 0.409 e. The highest BCUT2D eigenvalue weighted by molar-refractivity contribution is 5.67. The van der Waals surface area contributed by atoms with Crippen molar-refractivity contribution >= 4 is 6.09 Å². The molecule has 2 unspecified atom stereocenters. The molecule has 1 amide bonds. The van der Waals surface area contributed by atoms with Crippen molar-refractivity contribution in [2.75, 3.05) is 20.2 Å². The van der Waals surface area contributed by atoms with Crippen LogP contribution in [0.2, 0.25) is 0 Å². The molecule has 0 radical (unpaired) electrons. The summed E-state index contributed by atoms with van der Waals surface area (Å²) in [7, 11) is 1.29. The Morgan fingerprint density at radius 3 is 2.67 bits per heavy atom. The van der Waals surface area contributed by atoms with E-state index in [1.165, 1.54) is 12.0 Å². The van der Waals surface area contributed by atoms with Crippen LogP contribution >= 0.6 is 0 Å². The number of methoxy groups -OCH3 is 1. The van der Waals surface area contributed by atoms with E-state index < -0.39 is 18.3 Å². The predicted octanol–water partition coefficient (Wildman–Crippen LogP) is -0.820. The van der Waals surface area contributed by atoms with Crippen LogP contribution in [0.4, 0.5) is 4.79 Å². The number of ether oxygens (including phenoxy) is 1. The zero-order valence-electron chi connectivity index (χ0n) is 6.93. The molecule has 5 nitrogen and oxygen atoms in total. The van der Waals surface area contributed by atoms with Gasteiger partial charge in [-0.05, 0) is 6.42 Å². The zero-order chi connectivity index (χ0) is 9.14. The number of likely N-dealkylation sites (tertiary alicyclic amines) is 1. The molecular formula is C7H13NO4. The summed E-state index contributed by atoms with van der Waals surface area (Å²) in [5.41, 5.74) is 0. The predicted molar refractivity (Wildman–Crippen MR) is 40.6 cm³/mol. The molecule has 1 aliphatic heterocycles. The lowest BCUT2D eigenvalue weighted by molar-refractivity contribution is -0.0346. The van der Waals surface area contributed by atoms with Crippen LogP contribution in [0.25, 0.3) is 0 Å². The van der Waals surface area contributed by atoms with E-state index in [1.54, 1.807) is 0 Å². The molecule has 0 aromatic heterocycles. The van der Waals surface area contributed by atoms with Crippen LogP contribution in [0.15, 0.2) is 0 Å². The van der Waals surface area contributed by atoms with Gasteiger partial charge < -0.3 is 19.8 Å². The van der Waals surface area contributed by atoms with E-state index >= 15 is 0 Å². The second-order valence-corrected chi connectivity index (χ2v) is 2.84. The Hall–Kier alpha value is -0.810. The van der Waals surface area contributed by atoms with E-state index in [2.05, 4.69) is 4.74 Å². The SMILES string of the molecule is COC(=O)N1CCC(O)C(O)C1. The van der Waals surface area contributed by atoms with E-state index in [1.807, 2.05) is 0 Å². The summed E-state index contributed by atoms with van der Waals surface area (Å²) in [5, 5.41) is 18.3. The second kappa shape index (κ2) is 3.73. The highest BCUT2D eigenvalue weighted by Gasteiger charge is 2.28. The van der Waals surface area contributed by atoms with Gasteiger partial charge in [0.25, 0.3) is 0 Å². The van der Waals surface area contributed by atoms with Crippen molar-refractivity contribution in [2.24, 2.45) is 0 Å². The first-order valence-electron chi connectivity index (χ1n) is 3.84. The molecule has 0 spiro atoms. The van der Waals surface area contributed by atoms with Crippen LogP contribution in [-0.4, -0.2) is 53.6 Å². The lowest BCUT2D eigenvalue weighted by Gasteiger charge is -2.32. The first-order valence-corrected chi connectivity index (χ1v) is 3.84. The zero-order valence-corrected chi connectivity index (χ0v) is 6.93. The number of amides is 1. The number of aliphatic hydroxyl groups excluding tert-OH is 2. The number of hydrogen-bond acceptors (Lipinski definition) is 4. The Bertz CT molecular complexity index is 173. The monoisotopic (exact) mass is 175 g/mol. The standard InChI is InChI=1S/C7H13NO4/c1-12-7(11)8-3-2-5(9)6(10)4-8/h5-6,9-10H,2-4H2,1H3. The smallest absolute Gasteiger partial charge is 0.409 e. The van der Waals surface area contributed by atoms with E-state index in [4.69, 9.17) is 5.11 Å². The van der Waals surface area contributed by atoms with Crippen LogP contribution in [0.5, 0.6) is 0 Å². The Morgan fingerprint density at radius 2 is 2.17 bits per heavy atom. The van der Waals surface area contributed by atoms with Crippen LogP contribution in [0.1, 0.15) is 6.42 Å². The third-order valence-electron chi connectivity index (χ3n) is 1.98. The molecule has 1 saturated heterocycles. The average molecular weight is 175 g/mol. The molecule has 5 heteroatoms. The van der Waals surface area contributed by atoms with Crippen molar-refractivity contribution in [3.05, 3.63) is 0 Å². The van der Waals surface area contributed by atoms with E-state index in [0.29, 0.717) is 13.0 Å². The first-order chi connectivity index (χ1) is 5.65. The highest BCUT2D eigenvalue weighted by Crippen LogP contribution is 2.11. The number of carbonyl (C=O) groups is 1. The van der Waals surface area contributed by atoms with E-state index in [-0.39, 0.29) is 6.54 Å². The molecular weight excluding hydrogens is 162 g/mol. The van der Waals surface area contributed by atoms with Crippen molar-refractivity contribution in [3.63, 3.8) is 0 Å². The van der Waals surface area contributed by atoms with Gasteiger partial charge in [0.1, 0.15) is 0 Å². The Labute approximate surface area is 70.5 Å². The number of aliphatic hydroxyl groups is 2. The van der Waals surface area contributed by atoms with Crippen molar-refractivity contribution in [1.82, 2.24) is 4.90 Å². The third-order valence-corrected chi connectivity index (χ3v) is 1.98. The van der Waals surface area contributed by atoms with Gasteiger partial charge in [0.05, 0.1) is 25.9 Å². The molecule has 1 heterocycles. The van der Waals surface area contributed by atoms with E-state index in [9.17, 15) is 9.90 Å². The summed E-state index contributed by atoms with van der Waals surface area (Å²) in [6, 6.07) is 0. The van der Waals surface area contributed by atoms with Gasteiger partial charge in [-0.2, -0.15) is 0 Å². The summed E-state index contributed by atoms with van der Waals surface area (Å²) in [5.74, 6) is 0. The van der Waals surface area contributed by atoms with Crippen LogP contribution < -0.4 is 0 Å². The fourth-order valence-electron chi connectivity index (χ4n) is 1.21. The Morgan fingerprint density at radius 1 is 1.50 bits per heavy atom. The Kier molecular flexibility index (Phi) is 2.88. The summed E-state index contributed by atoms with van der Waals surface area (Å²) < 4.78 is 4.47. The molecule has 0 aromatic carbocycles. The highest BCUT2D eigenvalue weighted by atomic mass is 16.5. The van der Waals surface area contributed by atoms with Gasteiger partial charge in [-0.25, -0.2) is 4.79 Å². The van der Waals surface area contributed by atoms with Crippen LogP contribution in [0, 0.1) is 0 Å². The molecule has 2 N–H and O–H groups in total. The largest absolute Gasteiger partial charge is 0.453 e. The maximum absolute atomic E-state index is 10.9. The number of piperidine rings is 1. The molecule has 2 atom stereocenters. The van der Waals surface area contributed by atoms with Crippen molar-refractivity contribution in [1.29, 1.82) is 0 Å². The summed E-state index contributed by atoms with van der Waals surface area (Å²) >= 11 is 0. The van der Waals surface area contributed by atoms with E-state index in [0.717, 1.165) is 0 Å². The molecule has 0 aliphatic carbocycles. The van der Waals surface area contributed by atoms with Gasteiger partial charge in [0.2, 0.25) is 0 Å². The number of nitrogens with zero attached hydrogens (tertiary/aromatic N) is 1. The van der Waals surface area contributed by atoms with Crippen molar-refractivity contribution in [3.8, 4) is 0 Å². The molecule has 1 fully saturated rings. The van der Waals surface area contributed by atoms with Crippen LogP contribution in [0.3, 0.4) is 0 Å². The summed E-state index contributed by atoms with van der Waals surface area (Å²) in [4.78, 5) is 12.3. The average Bonchev–Trinajstić information content (AvgIpc) is 2.08. The van der Waals surface area contributed by atoms with Gasteiger partial charge in [-0.15, -0.1) is 0 Å². The van der Waals surface area contributed by atoms with Gasteiger partial charge in [0.15, 0.2) is 0 Å². The minimum absolute atomic E-state index is 0.147. The number of hydrogen-bond donors (Lipinski definition) is 2. The van der Waals surface area contributed by atoms with Crippen molar-refractivity contribution < 1.29 is 19.7 Å². The lowest BCUT2D eigenvalue weighted by atomic mass is 10.1. The van der Waals surface area contributed by atoms with Gasteiger partial charge >= 0.3 is 6.09 Å². The molecule has 12 heavy (non-hydrogen) atoms. The fraction of sp³-hybridized carbons (Fsp3) is 0.857. The molecule has 70 valence electrons. The Balaban J connectivity index is 2.45. The number of β-amino-alcohol motifs (C(OH)–C–C–N with tert-alkyl or cyclic N) is 1. The summed E-state index contributed by atoms with van der Waals surface area (Å²) in [6.07, 6.45) is -1.62. The third kappa shape index (κ3) is 1.86. The van der Waals surface area contributed by atoms with Crippen LogP contribution in [-0.2, 0) is 4.74 Å². The molecule has 1 rings (SSSR count). The molecule has 1 aliphatic rings. The summed E-state index contributed by atoms with van der Waals surface area (Å²) in [6.45, 7) is 0.582. The molecule has 0 bridgehead atoms.